The molecule has 0 aliphatic rings. The Balaban J connectivity index is 2.35. The van der Waals surface area contributed by atoms with Crippen LogP contribution in [0.4, 0.5) is 0 Å². The summed E-state index contributed by atoms with van der Waals surface area (Å²) in [5.41, 5.74) is 0.861. The van der Waals surface area contributed by atoms with Crippen molar-refractivity contribution in [3.05, 3.63) is 52.0 Å². The number of furan rings is 1. The summed E-state index contributed by atoms with van der Waals surface area (Å²) in [5, 5.41) is 0.867. The van der Waals surface area contributed by atoms with Crippen molar-refractivity contribution in [3.8, 4) is 17.1 Å². The predicted molar refractivity (Wildman–Crippen MR) is 81.0 cm³/mol. The first-order valence-corrected chi connectivity index (χ1v) is 6.89. The number of rotatable bonds is 3. The Morgan fingerprint density at radius 1 is 1.24 bits per heavy atom. The number of hydrogen-bond acceptors (Lipinski definition) is 4. The molecule has 0 radical (unpaired) electrons. The highest BCUT2D eigenvalue weighted by molar-refractivity contribution is 6.31. The van der Waals surface area contributed by atoms with Crippen molar-refractivity contribution in [2.24, 2.45) is 0 Å². The third kappa shape index (κ3) is 2.54. The summed E-state index contributed by atoms with van der Waals surface area (Å²) in [7, 11) is 0. The van der Waals surface area contributed by atoms with Crippen molar-refractivity contribution in [2.75, 3.05) is 0 Å². The average Bonchev–Trinajstić information content (AvgIpc) is 2.96. The normalized spacial score (nSPS) is 11.2. The van der Waals surface area contributed by atoms with Crippen molar-refractivity contribution >= 4 is 22.6 Å². The second-order valence-corrected chi connectivity index (χ2v) is 5.34. The number of fused-ring (bicyclic) bond motifs is 1. The summed E-state index contributed by atoms with van der Waals surface area (Å²) >= 11 is 5.95. The second kappa shape index (κ2) is 5.30. The van der Waals surface area contributed by atoms with Gasteiger partial charge in [-0.15, -0.1) is 0 Å². The SMILES string of the molecule is CC(C)Oc1c(-c2ccoc2)oc2ccc(Cl)cc2c1=O. The highest BCUT2D eigenvalue weighted by Crippen LogP contribution is 2.32. The Kier molecular flexibility index (Phi) is 3.47. The average molecular weight is 305 g/mol. The molecule has 0 aliphatic carbocycles. The molecule has 0 saturated heterocycles. The van der Waals surface area contributed by atoms with Crippen molar-refractivity contribution in [1.29, 1.82) is 0 Å². The minimum atomic E-state index is -0.247. The van der Waals surface area contributed by atoms with Crippen LogP contribution in [0.15, 0.2) is 50.4 Å². The fourth-order valence-electron chi connectivity index (χ4n) is 2.08. The lowest BCUT2D eigenvalue weighted by Crippen LogP contribution is -2.15. The lowest BCUT2D eigenvalue weighted by atomic mass is 10.1. The van der Waals surface area contributed by atoms with Gasteiger partial charge in [-0.05, 0) is 38.1 Å². The molecular formula is C16H13ClO4. The molecule has 2 aromatic heterocycles. The molecule has 4 nitrogen and oxygen atoms in total. The quantitative estimate of drug-likeness (QED) is 0.715. The lowest BCUT2D eigenvalue weighted by molar-refractivity contribution is 0.236. The van der Waals surface area contributed by atoms with E-state index in [9.17, 15) is 4.79 Å². The number of benzene rings is 1. The van der Waals surface area contributed by atoms with Gasteiger partial charge in [-0.1, -0.05) is 11.6 Å². The van der Waals surface area contributed by atoms with E-state index in [-0.39, 0.29) is 17.3 Å². The molecule has 3 aromatic rings. The zero-order valence-electron chi connectivity index (χ0n) is 11.6. The minimum Gasteiger partial charge on any atom is -0.484 e. The highest BCUT2D eigenvalue weighted by atomic mass is 35.5. The Hall–Kier alpha value is -2.20. The van der Waals surface area contributed by atoms with Gasteiger partial charge < -0.3 is 13.6 Å². The van der Waals surface area contributed by atoms with Gasteiger partial charge in [0.2, 0.25) is 11.2 Å². The predicted octanol–water partition coefficient (Wildman–Crippen LogP) is 4.49. The van der Waals surface area contributed by atoms with E-state index in [2.05, 4.69) is 0 Å². The van der Waals surface area contributed by atoms with Crippen LogP contribution in [0.2, 0.25) is 5.02 Å². The molecule has 108 valence electrons. The molecule has 0 saturated carbocycles. The summed E-state index contributed by atoms with van der Waals surface area (Å²) in [6.45, 7) is 3.70. The van der Waals surface area contributed by atoms with Crippen LogP contribution in [0.1, 0.15) is 13.8 Å². The standard InChI is InChI=1S/C16H13ClO4/c1-9(2)20-16-14(18)12-7-11(17)3-4-13(12)21-15(16)10-5-6-19-8-10/h3-9H,1-2H3. The zero-order chi connectivity index (χ0) is 15.0. The summed E-state index contributed by atoms with van der Waals surface area (Å²) in [4.78, 5) is 12.7. The molecule has 0 fully saturated rings. The molecule has 0 spiro atoms. The zero-order valence-corrected chi connectivity index (χ0v) is 12.3. The molecule has 0 bridgehead atoms. The van der Waals surface area contributed by atoms with Gasteiger partial charge in [0.15, 0.2) is 5.76 Å². The van der Waals surface area contributed by atoms with Crippen LogP contribution in [0, 0.1) is 0 Å². The van der Waals surface area contributed by atoms with Crippen LogP contribution < -0.4 is 10.2 Å². The highest BCUT2D eigenvalue weighted by Gasteiger charge is 2.19. The van der Waals surface area contributed by atoms with Crippen molar-refractivity contribution < 1.29 is 13.6 Å². The Morgan fingerprint density at radius 3 is 2.71 bits per heavy atom. The van der Waals surface area contributed by atoms with E-state index < -0.39 is 0 Å². The Morgan fingerprint density at radius 2 is 2.05 bits per heavy atom. The molecule has 1 aromatic carbocycles. The molecule has 0 unspecified atom stereocenters. The van der Waals surface area contributed by atoms with Gasteiger partial charge in [-0.2, -0.15) is 0 Å². The number of halogens is 1. The van der Waals surface area contributed by atoms with Crippen LogP contribution in [0.25, 0.3) is 22.3 Å². The van der Waals surface area contributed by atoms with Crippen LogP contribution in [-0.2, 0) is 0 Å². The Bertz CT molecular complexity index is 831. The minimum absolute atomic E-state index is 0.157. The molecule has 0 amide bonds. The molecule has 5 heteroatoms. The van der Waals surface area contributed by atoms with Gasteiger partial charge in [0, 0.05) is 5.02 Å². The van der Waals surface area contributed by atoms with E-state index in [4.69, 9.17) is 25.2 Å². The van der Waals surface area contributed by atoms with Crippen LogP contribution in [-0.4, -0.2) is 6.10 Å². The first kappa shape index (κ1) is 13.8. The topological polar surface area (TPSA) is 52.6 Å². The molecule has 3 rings (SSSR count). The van der Waals surface area contributed by atoms with E-state index in [1.165, 1.54) is 12.5 Å². The fraction of sp³-hybridized carbons (Fsp3) is 0.188. The largest absolute Gasteiger partial charge is 0.484 e. The molecule has 21 heavy (non-hydrogen) atoms. The molecule has 2 heterocycles. The summed E-state index contributed by atoms with van der Waals surface area (Å²) in [5.74, 6) is 0.526. The van der Waals surface area contributed by atoms with Crippen molar-refractivity contribution in [1.82, 2.24) is 0 Å². The van der Waals surface area contributed by atoms with Crippen LogP contribution >= 0.6 is 11.6 Å². The van der Waals surface area contributed by atoms with E-state index in [0.717, 1.165) is 0 Å². The number of hydrogen-bond donors (Lipinski definition) is 0. The first-order chi connectivity index (χ1) is 10.1. The van der Waals surface area contributed by atoms with E-state index in [0.29, 0.717) is 27.3 Å². The smallest absolute Gasteiger partial charge is 0.235 e. The van der Waals surface area contributed by atoms with E-state index in [1.54, 1.807) is 24.3 Å². The summed E-state index contributed by atoms with van der Waals surface area (Å²) in [6.07, 6.45) is 2.86. The third-order valence-electron chi connectivity index (χ3n) is 2.95. The van der Waals surface area contributed by atoms with Gasteiger partial charge >= 0.3 is 0 Å². The maximum atomic E-state index is 12.7. The van der Waals surface area contributed by atoms with E-state index in [1.807, 2.05) is 13.8 Å². The summed E-state index contributed by atoms with van der Waals surface area (Å²) < 4.78 is 16.5. The van der Waals surface area contributed by atoms with Gasteiger partial charge in [0.1, 0.15) is 11.8 Å². The van der Waals surface area contributed by atoms with Gasteiger partial charge in [-0.3, -0.25) is 4.79 Å². The van der Waals surface area contributed by atoms with Crippen molar-refractivity contribution in [2.45, 2.75) is 20.0 Å². The third-order valence-corrected chi connectivity index (χ3v) is 3.18. The fourth-order valence-corrected chi connectivity index (χ4v) is 2.25. The second-order valence-electron chi connectivity index (χ2n) is 4.91. The molecular weight excluding hydrogens is 292 g/mol. The van der Waals surface area contributed by atoms with Gasteiger partial charge in [-0.25, -0.2) is 0 Å². The van der Waals surface area contributed by atoms with Gasteiger partial charge in [0.05, 0.1) is 23.3 Å². The van der Waals surface area contributed by atoms with Crippen LogP contribution in [0.5, 0.6) is 5.75 Å². The monoisotopic (exact) mass is 304 g/mol. The van der Waals surface area contributed by atoms with Crippen LogP contribution in [0.3, 0.4) is 0 Å². The molecule has 0 atom stereocenters. The number of ether oxygens (including phenoxy) is 1. The van der Waals surface area contributed by atoms with E-state index >= 15 is 0 Å². The van der Waals surface area contributed by atoms with Crippen molar-refractivity contribution in [3.63, 3.8) is 0 Å². The molecule has 0 aliphatic heterocycles. The maximum Gasteiger partial charge on any atom is 0.235 e. The van der Waals surface area contributed by atoms with Gasteiger partial charge in [0.25, 0.3) is 0 Å². The Labute approximate surface area is 125 Å². The lowest BCUT2D eigenvalue weighted by Gasteiger charge is -2.13. The summed E-state index contributed by atoms with van der Waals surface area (Å²) in [6, 6.07) is 6.64. The maximum absolute atomic E-state index is 12.7. The first-order valence-electron chi connectivity index (χ1n) is 6.52. The molecule has 0 N–H and O–H groups in total.